The van der Waals surface area contributed by atoms with E-state index in [4.69, 9.17) is 0 Å². The second-order valence-corrected chi connectivity index (χ2v) is 3.17. The van der Waals surface area contributed by atoms with Crippen molar-refractivity contribution >= 4 is 60.6 Å². The molecule has 0 spiro atoms. The van der Waals surface area contributed by atoms with Crippen LogP contribution < -0.4 is 0 Å². The molecule has 7 nitrogen and oxygen atoms in total. The van der Waals surface area contributed by atoms with Crippen LogP contribution in [-0.4, -0.2) is 60.6 Å². The number of hydrogen-bond donors (Lipinski definition) is 0. The second-order valence-electron chi connectivity index (χ2n) is 3.17. The van der Waals surface area contributed by atoms with Crippen LogP contribution in [-0.2, 0) is 33.1 Å². The molecule has 0 bridgehead atoms. The Balaban J connectivity index is -0.000000366. The van der Waals surface area contributed by atoms with Crippen molar-refractivity contribution in [2.24, 2.45) is 0 Å². The fourth-order valence-corrected chi connectivity index (χ4v) is 0.479. The van der Waals surface area contributed by atoms with Crippen molar-refractivity contribution in [1.82, 2.24) is 0 Å². The van der Waals surface area contributed by atoms with Crippen LogP contribution in [0.4, 0.5) is 0 Å². The minimum atomic E-state index is -1.59. The van der Waals surface area contributed by atoms with Crippen LogP contribution in [0.5, 0.6) is 0 Å². The molecule has 0 atom stereocenters. The van der Waals surface area contributed by atoms with Gasteiger partial charge in [-0.25, -0.2) is 0 Å². The summed E-state index contributed by atoms with van der Waals surface area (Å²) >= 11 is 0. The van der Waals surface area contributed by atoms with Crippen molar-refractivity contribution in [3.63, 3.8) is 0 Å². The van der Waals surface area contributed by atoms with Gasteiger partial charge in [-0.1, -0.05) is 6.92 Å². The van der Waals surface area contributed by atoms with Gasteiger partial charge < -0.3 is 18.8 Å². The summed E-state index contributed by atoms with van der Waals surface area (Å²) in [5.74, 6) is -1.89. The van der Waals surface area contributed by atoms with Gasteiger partial charge in [-0.3, -0.25) is 14.4 Å². The summed E-state index contributed by atoms with van der Waals surface area (Å²) < 4.78 is 13.0. The Morgan fingerprint density at radius 2 is 1.00 bits per heavy atom. The summed E-state index contributed by atoms with van der Waals surface area (Å²) in [5, 5.41) is 0. The summed E-state index contributed by atoms with van der Waals surface area (Å²) in [6.07, 6.45) is 0.667. The summed E-state index contributed by atoms with van der Waals surface area (Å²) in [6, 6.07) is 0. The van der Waals surface area contributed by atoms with Crippen molar-refractivity contribution in [2.75, 3.05) is 0 Å². The SMILES string of the molecule is CC(=O)OB(OC(C)=O)OC(C)=O.CCC(C)=O.[NaH]. The number of hydrogen-bond acceptors (Lipinski definition) is 7. The van der Waals surface area contributed by atoms with Crippen molar-refractivity contribution in [2.45, 2.75) is 41.0 Å². The second kappa shape index (κ2) is 13.6. The monoisotopic (exact) mass is 284 g/mol. The Bertz CT molecular complexity index is 281. The van der Waals surface area contributed by atoms with Gasteiger partial charge >= 0.3 is 36.9 Å². The fourth-order valence-electron chi connectivity index (χ4n) is 0.479. The molecule has 0 heterocycles. The Labute approximate surface area is 134 Å². The fraction of sp³-hybridized carbons (Fsp3) is 0.600. The molecular formula is C10H18BNaO7. The zero-order chi connectivity index (χ0) is 14.7. The van der Waals surface area contributed by atoms with Gasteiger partial charge in [-0.05, 0) is 6.92 Å². The molecule has 0 aromatic carbocycles. The van der Waals surface area contributed by atoms with E-state index >= 15 is 0 Å². The van der Waals surface area contributed by atoms with Gasteiger partial charge in [0.2, 0.25) is 0 Å². The van der Waals surface area contributed by atoms with E-state index in [1.165, 1.54) is 0 Å². The van der Waals surface area contributed by atoms with Crippen LogP contribution in [0.1, 0.15) is 41.0 Å². The average Bonchev–Trinajstić information content (AvgIpc) is 2.14. The Morgan fingerprint density at radius 1 is 0.789 bits per heavy atom. The topological polar surface area (TPSA) is 96.0 Å². The van der Waals surface area contributed by atoms with Gasteiger partial charge in [0.05, 0.1) is 0 Å². The number of rotatable bonds is 4. The number of Topliss-reactive ketones (excluding diaryl/α,β-unsaturated/α-hetero) is 1. The first-order valence-corrected chi connectivity index (χ1v) is 5.20. The Hall–Kier alpha value is -0.855. The van der Waals surface area contributed by atoms with Crippen LogP contribution in [0.25, 0.3) is 0 Å². The predicted molar refractivity (Wildman–Crippen MR) is 69.2 cm³/mol. The first-order valence-electron chi connectivity index (χ1n) is 5.20. The van der Waals surface area contributed by atoms with Crippen LogP contribution in [0.3, 0.4) is 0 Å². The number of ketones is 1. The van der Waals surface area contributed by atoms with E-state index < -0.39 is 25.2 Å². The van der Waals surface area contributed by atoms with Crippen LogP contribution >= 0.6 is 0 Å². The van der Waals surface area contributed by atoms with Crippen molar-refractivity contribution in [3.05, 3.63) is 0 Å². The van der Waals surface area contributed by atoms with Gasteiger partial charge in [0.1, 0.15) is 5.78 Å². The van der Waals surface area contributed by atoms with Crippen molar-refractivity contribution in [3.8, 4) is 0 Å². The third kappa shape index (κ3) is 22.8. The van der Waals surface area contributed by atoms with E-state index in [1.807, 2.05) is 6.92 Å². The van der Waals surface area contributed by atoms with Gasteiger partial charge in [0.25, 0.3) is 17.9 Å². The molecule has 0 rings (SSSR count). The molecule has 0 unspecified atom stereocenters. The zero-order valence-electron chi connectivity index (χ0n) is 11.1. The molecular weight excluding hydrogens is 266 g/mol. The molecule has 0 fully saturated rings. The molecule has 0 radical (unpaired) electrons. The van der Waals surface area contributed by atoms with Crippen LogP contribution in [0.2, 0.25) is 0 Å². The summed E-state index contributed by atoms with van der Waals surface area (Å²) in [6.45, 7) is 6.72. The first kappa shape index (κ1) is 23.3. The van der Waals surface area contributed by atoms with Gasteiger partial charge in [-0.2, -0.15) is 0 Å². The van der Waals surface area contributed by atoms with E-state index in [2.05, 4.69) is 14.0 Å². The molecule has 0 saturated heterocycles. The molecule has 0 N–H and O–H groups in total. The molecule has 0 aliphatic heterocycles. The molecule has 19 heavy (non-hydrogen) atoms. The quantitative estimate of drug-likeness (QED) is 0.670. The Morgan fingerprint density at radius 3 is 1.11 bits per heavy atom. The minimum absolute atomic E-state index is 0. The van der Waals surface area contributed by atoms with Crippen molar-refractivity contribution in [1.29, 1.82) is 0 Å². The molecule has 104 valence electrons. The summed E-state index contributed by atoms with van der Waals surface area (Å²) in [5.41, 5.74) is 0. The van der Waals surface area contributed by atoms with Gasteiger partial charge in [-0.15, -0.1) is 0 Å². The van der Waals surface area contributed by atoms with E-state index in [9.17, 15) is 19.2 Å². The molecule has 0 amide bonds. The van der Waals surface area contributed by atoms with E-state index in [0.717, 1.165) is 20.8 Å². The standard InChI is InChI=1S/C6H9BO6.C4H8O.Na.H/c1-4(8)11-7(12-5(2)9)13-6(3)10;1-3-4(2)5;;/h1-3H3;3H2,1-2H3;;. The van der Waals surface area contributed by atoms with Crippen LogP contribution in [0, 0.1) is 0 Å². The molecule has 0 saturated carbocycles. The maximum absolute atomic E-state index is 10.4. The van der Waals surface area contributed by atoms with Gasteiger partial charge in [0.15, 0.2) is 0 Å². The summed E-state index contributed by atoms with van der Waals surface area (Å²) in [7, 11) is -1.59. The first-order chi connectivity index (χ1) is 8.18. The number of carbonyl (C=O) groups excluding carboxylic acids is 4. The molecule has 0 aliphatic carbocycles. The van der Waals surface area contributed by atoms with E-state index in [1.54, 1.807) is 6.92 Å². The molecule has 0 aliphatic rings. The van der Waals surface area contributed by atoms with E-state index in [0.29, 0.717) is 6.42 Å². The third-order valence-electron chi connectivity index (χ3n) is 1.28. The zero-order valence-corrected chi connectivity index (χ0v) is 11.1. The van der Waals surface area contributed by atoms with Crippen molar-refractivity contribution < 1.29 is 33.1 Å². The summed E-state index contributed by atoms with van der Waals surface area (Å²) in [4.78, 5) is 41.0. The Kier molecular flexibility index (Phi) is 16.6. The number of carbonyl (C=O) groups is 4. The van der Waals surface area contributed by atoms with E-state index in [-0.39, 0.29) is 35.3 Å². The normalized spacial score (nSPS) is 7.84. The van der Waals surface area contributed by atoms with Crippen LogP contribution in [0.15, 0.2) is 0 Å². The molecule has 0 aromatic heterocycles. The molecule has 9 heteroatoms. The maximum atomic E-state index is 10.4. The average molecular weight is 284 g/mol. The van der Waals surface area contributed by atoms with Gasteiger partial charge in [0, 0.05) is 27.2 Å². The predicted octanol–water partition coefficient (Wildman–Crippen LogP) is -0.00250. The third-order valence-corrected chi connectivity index (χ3v) is 1.28. The molecule has 0 aromatic rings.